The molecule has 5 heteroatoms. The predicted octanol–water partition coefficient (Wildman–Crippen LogP) is 3.10. The Hall–Kier alpha value is -2.14. The number of fused-ring (bicyclic) bond motifs is 3. The van der Waals surface area contributed by atoms with Crippen LogP contribution in [-0.4, -0.2) is 58.3 Å². The number of para-hydroxylation sites is 1. The zero-order chi connectivity index (χ0) is 19.1. The maximum absolute atomic E-state index is 13.3. The number of benzene rings is 1. The second-order valence-corrected chi connectivity index (χ2v) is 8.13. The van der Waals surface area contributed by atoms with Gasteiger partial charge < -0.3 is 14.4 Å². The van der Waals surface area contributed by atoms with Gasteiger partial charge in [0.2, 0.25) is 5.91 Å². The molecule has 0 N–H and O–H groups in total. The van der Waals surface area contributed by atoms with Gasteiger partial charge >= 0.3 is 0 Å². The van der Waals surface area contributed by atoms with Crippen molar-refractivity contribution in [1.29, 1.82) is 0 Å². The summed E-state index contributed by atoms with van der Waals surface area (Å²) in [4.78, 5) is 29.9. The molecule has 1 aromatic carbocycles. The van der Waals surface area contributed by atoms with Gasteiger partial charge in [0.15, 0.2) is 5.78 Å². The standard InChI is InChI=1S/C22H29N3O2/c1-4-16-6-5-7-19-20(15(2)26)13-24(22(16)19)14-21(27)25-17-8-9-18(25)12-23(3)11-10-17/h5-7,13,17-18H,4,8-12,14H2,1-3H3/t17-,18+/m1/s1. The highest BCUT2D eigenvalue weighted by atomic mass is 16.2. The van der Waals surface area contributed by atoms with E-state index in [1.54, 1.807) is 6.92 Å². The van der Waals surface area contributed by atoms with Crippen LogP contribution < -0.4 is 0 Å². The molecule has 0 spiro atoms. The van der Waals surface area contributed by atoms with E-state index in [1.165, 1.54) is 5.56 Å². The quantitative estimate of drug-likeness (QED) is 0.780. The first-order chi connectivity index (χ1) is 13.0. The fraction of sp³-hybridized carbons (Fsp3) is 0.545. The minimum Gasteiger partial charge on any atom is -0.337 e. The van der Waals surface area contributed by atoms with Gasteiger partial charge in [-0.05, 0) is 51.8 Å². The minimum atomic E-state index is 0.0518. The van der Waals surface area contributed by atoms with Crippen LogP contribution in [0, 0.1) is 0 Å². The highest BCUT2D eigenvalue weighted by Crippen LogP contribution is 2.31. The van der Waals surface area contributed by atoms with E-state index in [0.29, 0.717) is 24.2 Å². The topological polar surface area (TPSA) is 45.6 Å². The molecule has 2 aliphatic heterocycles. The maximum Gasteiger partial charge on any atom is 0.243 e. The summed E-state index contributed by atoms with van der Waals surface area (Å²) >= 11 is 0. The zero-order valence-electron chi connectivity index (χ0n) is 16.6. The molecule has 2 aromatic rings. The number of carbonyl (C=O) groups excluding carboxylic acids is 2. The van der Waals surface area contributed by atoms with Gasteiger partial charge in [-0.2, -0.15) is 0 Å². The van der Waals surface area contributed by atoms with Crippen molar-refractivity contribution in [2.45, 2.75) is 58.2 Å². The van der Waals surface area contributed by atoms with Crippen LogP contribution >= 0.6 is 0 Å². The number of nitrogens with zero attached hydrogens (tertiary/aromatic N) is 3. The maximum atomic E-state index is 13.3. The Morgan fingerprint density at radius 2 is 1.93 bits per heavy atom. The summed E-state index contributed by atoms with van der Waals surface area (Å²) in [5, 5.41) is 0.966. The number of likely N-dealkylation sites (N-methyl/N-ethyl adjacent to an activating group) is 1. The van der Waals surface area contributed by atoms with E-state index in [4.69, 9.17) is 0 Å². The summed E-state index contributed by atoms with van der Waals surface area (Å²) in [6.07, 6.45) is 6.05. The number of carbonyl (C=O) groups is 2. The van der Waals surface area contributed by atoms with Gasteiger partial charge in [-0.15, -0.1) is 0 Å². The molecule has 0 unspecified atom stereocenters. The van der Waals surface area contributed by atoms with Gasteiger partial charge in [-0.1, -0.05) is 25.1 Å². The molecule has 1 amide bonds. The van der Waals surface area contributed by atoms with Gasteiger partial charge in [0.25, 0.3) is 0 Å². The van der Waals surface area contributed by atoms with Crippen molar-refractivity contribution < 1.29 is 9.59 Å². The van der Waals surface area contributed by atoms with Crippen LogP contribution in [0.4, 0.5) is 0 Å². The third-order valence-corrected chi connectivity index (χ3v) is 6.32. The average molecular weight is 367 g/mol. The molecule has 2 bridgehead atoms. The lowest BCUT2D eigenvalue weighted by Crippen LogP contribution is -2.44. The summed E-state index contributed by atoms with van der Waals surface area (Å²) in [7, 11) is 2.15. The Labute approximate surface area is 160 Å². The van der Waals surface area contributed by atoms with Crippen LogP contribution in [0.3, 0.4) is 0 Å². The predicted molar refractivity (Wildman–Crippen MR) is 107 cm³/mol. The summed E-state index contributed by atoms with van der Waals surface area (Å²) < 4.78 is 2.02. The fourth-order valence-electron chi connectivity index (χ4n) is 5.01. The molecule has 0 saturated carbocycles. The third-order valence-electron chi connectivity index (χ3n) is 6.32. The summed E-state index contributed by atoms with van der Waals surface area (Å²) in [5.41, 5.74) is 2.94. The molecule has 27 heavy (non-hydrogen) atoms. The third kappa shape index (κ3) is 3.18. The molecule has 2 fully saturated rings. The molecule has 3 heterocycles. The first kappa shape index (κ1) is 18.2. The van der Waals surface area contributed by atoms with Crippen LogP contribution in [0.5, 0.6) is 0 Å². The molecule has 5 nitrogen and oxygen atoms in total. The number of hydrogen-bond acceptors (Lipinski definition) is 3. The number of rotatable bonds is 4. The number of aryl methyl sites for hydroxylation is 1. The lowest BCUT2D eigenvalue weighted by molar-refractivity contribution is -0.134. The van der Waals surface area contributed by atoms with Crippen molar-refractivity contribution in [2.24, 2.45) is 0 Å². The monoisotopic (exact) mass is 367 g/mol. The van der Waals surface area contributed by atoms with Crippen molar-refractivity contribution in [3.63, 3.8) is 0 Å². The Morgan fingerprint density at radius 3 is 2.67 bits per heavy atom. The molecule has 4 rings (SSSR count). The van der Waals surface area contributed by atoms with E-state index in [9.17, 15) is 9.59 Å². The number of amides is 1. The first-order valence-electron chi connectivity index (χ1n) is 10.1. The van der Waals surface area contributed by atoms with Crippen LogP contribution in [0.25, 0.3) is 10.9 Å². The van der Waals surface area contributed by atoms with Gasteiger partial charge in [0.1, 0.15) is 6.54 Å². The minimum absolute atomic E-state index is 0.0518. The lowest BCUT2D eigenvalue weighted by atomic mass is 10.1. The fourth-order valence-corrected chi connectivity index (χ4v) is 5.01. The van der Waals surface area contributed by atoms with Crippen LogP contribution in [0.15, 0.2) is 24.4 Å². The van der Waals surface area contributed by atoms with Crippen LogP contribution in [0.2, 0.25) is 0 Å². The number of likely N-dealkylation sites (tertiary alicyclic amines) is 1. The summed E-state index contributed by atoms with van der Waals surface area (Å²) in [6.45, 7) is 6.06. The first-order valence-corrected chi connectivity index (χ1v) is 10.1. The average Bonchev–Trinajstić information content (AvgIpc) is 3.15. The van der Waals surface area contributed by atoms with E-state index >= 15 is 0 Å². The van der Waals surface area contributed by atoms with Crippen LogP contribution in [0.1, 0.15) is 49.0 Å². The number of aromatic nitrogens is 1. The van der Waals surface area contributed by atoms with Gasteiger partial charge in [0, 0.05) is 35.8 Å². The summed E-state index contributed by atoms with van der Waals surface area (Å²) in [5.74, 6) is 0.242. The van der Waals surface area contributed by atoms with E-state index in [1.807, 2.05) is 22.9 Å². The van der Waals surface area contributed by atoms with Crippen molar-refractivity contribution in [2.75, 3.05) is 20.1 Å². The molecular weight excluding hydrogens is 338 g/mol. The Morgan fingerprint density at radius 1 is 1.15 bits per heavy atom. The molecule has 1 aromatic heterocycles. The lowest BCUT2D eigenvalue weighted by Gasteiger charge is -2.29. The van der Waals surface area contributed by atoms with E-state index in [2.05, 4.69) is 29.8 Å². The number of Topliss-reactive ketones (excluding diaryl/α,β-unsaturated/α-hetero) is 1. The highest BCUT2D eigenvalue weighted by molar-refractivity contribution is 6.07. The Balaban J connectivity index is 1.69. The molecule has 144 valence electrons. The van der Waals surface area contributed by atoms with E-state index in [0.717, 1.165) is 49.7 Å². The molecule has 2 atom stereocenters. The van der Waals surface area contributed by atoms with Gasteiger partial charge in [0.05, 0.1) is 5.52 Å². The molecule has 2 aliphatic rings. The number of hydrogen-bond donors (Lipinski definition) is 0. The van der Waals surface area contributed by atoms with Crippen molar-refractivity contribution in [3.05, 3.63) is 35.5 Å². The van der Waals surface area contributed by atoms with Crippen molar-refractivity contribution >= 4 is 22.6 Å². The van der Waals surface area contributed by atoms with Crippen molar-refractivity contribution in [1.82, 2.24) is 14.4 Å². The SMILES string of the molecule is CCc1cccc2c(C(C)=O)cn(CC(=O)N3[C@@H]4CC[C@H]3CN(C)CC4)c12. The second kappa shape index (κ2) is 7.12. The molecular formula is C22H29N3O2. The van der Waals surface area contributed by atoms with E-state index < -0.39 is 0 Å². The molecule has 2 saturated heterocycles. The van der Waals surface area contributed by atoms with Crippen LogP contribution in [-0.2, 0) is 17.8 Å². The number of ketones is 1. The largest absolute Gasteiger partial charge is 0.337 e. The van der Waals surface area contributed by atoms with E-state index in [-0.39, 0.29) is 11.7 Å². The molecule has 0 aliphatic carbocycles. The second-order valence-electron chi connectivity index (χ2n) is 8.13. The normalized spacial score (nSPS) is 23.0. The van der Waals surface area contributed by atoms with Crippen molar-refractivity contribution in [3.8, 4) is 0 Å². The zero-order valence-corrected chi connectivity index (χ0v) is 16.6. The smallest absolute Gasteiger partial charge is 0.243 e. The molecule has 0 radical (unpaired) electrons. The summed E-state index contributed by atoms with van der Waals surface area (Å²) in [6, 6.07) is 6.79. The Bertz CT molecular complexity index is 885. The van der Waals surface area contributed by atoms with Gasteiger partial charge in [-0.3, -0.25) is 9.59 Å². The Kier molecular flexibility index (Phi) is 4.81. The van der Waals surface area contributed by atoms with Gasteiger partial charge in [-0.25, -0.2) is 0 Å². The highest BCUT2D eigenvalue weighted by Gasteiger charge is 2.39.